The summed E-state index contributed by atoms with van der Waals surface area (Å²) in [6.07, 6.45) is 3.54. The summed E-state index contributed by atoms with van der Waals surface area (Å²) in [6, 6.07) is 6.42. The Hall–Kier alpha value is -1.35. The molecule has 3 nitrogen and oxygen atoms in total. The highest BCUT2D eigenvalue weighted by Gasteiger charge is 2.08. The van der Waals surface area contributed by atoms with Gasteiger partial charge in [-0.1, -0.05) is 19.8 Å². The fourth-order valence-electron chi connectivity index (χ4n) is 1.69. The van der Waals surface area contributed by atoms with Gasteiger partial charge in [0.25, 0.3) is 0 Å². The van der Waals surface area contributed by atoms with Crippen molar-refractivity contribution in [3.63, 3.8) is 0 Å². The van der Waals surface area contributed by atoms with Gasteiger partial charge in [0.05, 0.1) is 6.54 Å². The first-order chi connectivity index (χ1) is 8.13. The Morgan fingerprint density at radius 1 is 1.24 bits per heavy atom. The lowest BCUT2D eigenvalue weighted by Gasteiger charge is -2.15. The average Bonchev–Trinajstić information content (AvgIpc) is 2.30. The van der Waals surface area contributed by atoms with Crippen molar-refractivity contribution in [3.8, 4) is 5.75 Å². The van der Waals surface area contributed by atoms with Gasteiger partial charge in [-0.3, -0.25) is 9.69 Å². The highest BCUT2D eigenvalue weighted by molar-refractivity contribution is 5.97. The van der Waals surface area contributed by atoms with Crippen LogP contribution in [0.25, 0.3) is 0 Å². The number of carbonyl (C=O) groups is 1. The van der Waals surface area contributed by atoms with Crippen LogP contribution < -0.4 is 0 Å². The zero-order valence-electron chi connectivity index (χ0n) is 10.6. The molecule has 0 aliphatic carbocycles. The zero-order chi connectivity index (χ0) is 12.7. The number of hydrogen-bond acceptors (Lipinski definition) is 3. The number of likely N-dealkylation sites (N-methyl/N-ethyl adjacent to an activating group) is 1. The minimum atomic E-state index is 0.101. The third-order valence-electron chi connectivity index (χ3n) is 2.75. The third kappa shape index (κ3) is 5.00. The molecule has 0 bridgehead atoms. The van der Waals surface area contributed by atoms with Gasteiger partial charge >= 0.3 is 0 Å². The number of carbonyl (C=O) groups excluding carboxylic acids is 1. The van der Waals surface area contributed by atoms with Crippen molar-refractivity contribution in [3.05, 3.63) is 29.8 Å². The summed E-state index contributed by atoms with van der Waals surface area (Å²) in [5, 5.41) is 9.14. The maximum Gasteiger partial charge on any atom is 0.176 e. The van der Waals surface area contributed by atoms with Gasteiger partial charge in [0.1, 0.15) is 5.75 Å². The van der Waals surface area contributed by atoms with Gasteiger partial charge in [0.2, 0.25) is 0 Å². The second-order valence-corrected chi connectivity index (χ2v) is 4.41. The number of aromatic hydroxyl groups is 1. The molecule has 0 heterocycles. The summed E-state index contributed by atoms with van der Waals surface area (Å²) in [4.78, 5) is 13.9. The third-order valence-corrected chi connectivity index (χ3v) is 2.75. The van der Waals surface area contributed by atoms with E-state index in [4.69, 9.17) is 5.11 Å². The number of phenolic OH excluding ortho intramolecular Hbond substituents is 1. The molecule has 0 saturated carbocycles. The maximum absolute atomic E-state index is 11.9. The molecule has 1 aromatic carbocycles. The zero-order valence-corrected chi connectivity index (χ0v) is 10.6. The molecule has 0 aliphatic rings. The Balaban J connectivity index is 2.40. The molecule has 0 fully saturated rings. The molecule has 3 heteroatoms. The predicted molar refractivity (Wildman–Crippen MR) is 69.5 cm³/mol. The van der Waals surface area contributed by atoms with Crippen LogP contribution in [-0.2, 0) is 0 Å². The average molecular weight is 235 g/mol. The summed E-state index contributed by atoms with van der Waals surface area (Å²) in [7, 11) is 1.97. The van der Waals surface area contributed by atoms with E-state index >= 15 is 0 Å². The molecule has 1 rings (SSSR count). The molecule has 0 aromatic heterocycles. The van der Waals surface area contributed by atoms with Gasteiger partial charge in [-0.05, 0) is 44.3 Å². The van der Waals surface area contributed by atoms with Crippen molar-refractivity contribution in [2.75, 3.05) is 20.1 Å². The van der Waals surface area contributed by atoms with Crippen LogP contribution in [-0.4, -0.2) is 35.9 Å². The smallest absolute Gasteiger partial charge is 0.176 e. The number of unbranched alkanes of at least 4 members (excludes halogenated alkanes) is 2. The summed E-state index contributed by atoms with van der Waals surface area (Å²) in [5.41, 5.74) is 0.658. The highest BCUT2D eigenvalue weighted by atomic mass is 16.3. The van der Waals surface area contributed by atoms with Crippen molar-refractivity contribution in [2.24, 2.45) is 0 Å². The van der Waals surface area contributed by atoms with Crippen LogP contribution in [0.5, 0.6) is 5.75 Å². The van der Waals surface area contributed by atoms with Crippen LogP contribution in [0.4, 0.5) is 0 Å². The second kappa shape index (κ2) is 7.07. The van der Waals surface area contributed by atoms with E-state index in [0.717, 1.165) is 13.0 Å². The minimum Gasteiger partial charge on any atom is -0.508 e. The first kappa shape index (κ1) is 13.7. The fraction of sp³-hybridized carbons (Fsp3) is 0.500. The molecule has 0 radical (unpaired) electrons. The Labute approximate surface area is 103 Å². The summed E-state index contributed by atoms with van der Waals surface area (Å²) < 4.78 is 0. The molecule has 0 aliphatic heterocycles. The molecule has 0 saturated heterocycles. The SMILES string of the molecule is CCCCCN(C)CC(=O)c1ccc(O)cc1. The van der Waals surface area contributed by atoms with Gasteiger partial charge in [0, 0.05) is 5.56 Å². The molecular weight excluding hydrogens is 214 g/mol. The van der Waals surface area contributed by atoms with E-state index in [2.05, 4.69) is 6.92 Å². The molecule has 0 atom stereocenters. The Morgan fingerprint density at radius 3 is 2.47 bits per heavy atom. The quantitative estimate of drug-likeness (QED) is 0.583. The van der Waals surface area contributed by atoms with Crippen LogP contribution in [0, 0.1) is 0 Å². The van der Waals surface area contributed by atoms with Crippen LogP contribution in [0.15, 0.2) is 24.3 Å². The first-order valence-corrected chi connectivity index (χ1v) is 6.14. The van der Waals surface area contributed by atoms with Gasteiger partial charge in [0.15, 0.2) is 5.78 Å². The lowest BCUT2D eigenvalue weighted by atomic mass is 10.1. The van der Waals surface area contributed by atoms with Crippen LogP contribution >= 0.6 is 0 Å². The molecular formula is C14H21NO2. The van der Waals surface area contributed by atoms with E-state index in [0.29, 0.717) is 12.1 Å². The Kier molecular flexibility index (Phi) is 5.70. The number of rotatable bonds is 7. The maximum atomic E-state index is 11.9. The monoisotopic (exact) mass is 235 g/mol. The van der Waals surface area contributed by atoms with Crippen molar-refractivity contribution in [1.29, 1.82) is 0 Å². The number of Topliss-reactive ketones (excluding diaryl/α,β-unsaturated/α-hetero) is 1. The van der Waals surface area contributed by atoms with Crippen molar-refractivity contribution < 1.29 is 9.90 Å². The Bertz CT molecular complexity index is 346. The predicted octanol–water partition coefficient (Wildman–Crippen LogP) is 2.70. The number of benzene rings is 1. The van der Waals surface area contributed by atoms with E-state index in [1.165, 1.54) is 12.8 Å². The second-order valence-electron chi connectivity index (χ2n) is 4.41. The van der Waals surface area contributed by atoms with Gasteiger partial charge in [-0.2, -0.15) is 0 Å². The molecule has 94 valence electrons. The topological polar surface area (TPSA) is 40.5 Å². The van der Waals surface area contributed by atoms with E-state index in [-0.39, 0.29) is 11.5 Å². The van der Waals surface area contributed by atoms with E-state index in [1.807, 2.05) is 11.9 Å². The summed E-state index contributed by atoms with van der Waals surface area (Å²) in [5.74, 6) is 0.293. The molecule has 1 N–H and O–H groups in total. The van der Waals surface area contributed by atoms with Gasteiger partial charge in [-0.15, -0.1) is 0 Å². The standard InChI is InChI=1S/C14H21NO2/c1-3-4-5-10-15(2)11-14(17)12-6-8-13(16)9-7-12/h6-9,16H,3-5,10-11H2,1-2H3. The van der Waals surface area contributed by atoms with E-state index in [1.54, 1.807) is 24.3 Å². The lowest BCUT2D eigenvalue weighted by Crippen LogP contribution is -2.26. The fourth-order valence-corrected chi connectivity index (χ4v) is 1.69. The summed E-state index contributed by atoms with van der Waals surface area (Å²) in [6.45, 7) is 3.56. The largest absolute Gasteiger partial charge is 0.508 e. The number of phenols is 1. The molecule has 1 aromatic rings. The normalized spacial score (nSPS) is 10.8. The molecule has 0 spiro atoms. The van der Waals surface area contributed by atoms with Crippen LogP contribution in [0.1, 0.15) is 36.5 Å². The van der Waals surface area contributed by atoms with E-state index in [9.17, 15) is 4.79 Å². The van der Waals surface area contributed by atoms with Crippen molar-refractivity contribution >= 4 is 5.78 Å². The van der Waals surface area contributed by atoms with Crippen molar-refractivity contribution in [2.45, 2.75) is 26.2 Å². The highest BCUT2D eigenvalue weighted by Crippen LogP contribution is 2.10. The molecule has 0 amide bonds. The first-order valence-electron chi connectivity index (χ1n) is 6.14. The lowest BCUT2D eigenvalue weighted by molar-refractivity contribution is 0.0945. The van der Waals surface area contributed by atoms with Crippen LogP contribution in [0.2, 0.25) is 0 Å². The van der Waals surface area contributed by atoms with E-state index < -0.39 is 0 Å². The van der Waals surface area contributed by atoms with Gasteiger partial charge < -0.3 is 5.11 Å². The minimum absolute atomic E-state index is 0.101. The Morgan fingerprint density at radius 2 is 1.88 bits per heavy atom. The van der Waals surface area contributed by atoms with Gasteiger partial charge in [-0.25, -0.2) is 0 Å². The number of nitrogens with zero attached hydrogens (tertiary/aromatic N) is 1. The summed E-state index contributed by atoms with van der Waals surface area (Å²) >= 11 is 0. The van der Waals surface area contributed by atoms with Crippen molar-refractivity contribution in [1.82, 2.24) is 4.90 Å². The molecule has 17 heavy (non-hydrogen) atoms. The van der Waals surface area contributed by atoms with Crippen LogP contribution in [0.3, 0.4) is 0 Å². The number of ketones is 1. The number of hydrogen-bond donors (Lipinski definition) is 1. The molecule has 0 unspecified atom stereocenters.